The Hall–Kier alpha value is -3.55. The van der Waals surface area contributed by atoms with Crippen molar-refractivity contribution in [3.05, 3.63) is 59.8 Å². The number of nitrogens with one attached hydrogen (secondary N) is 2. The highest BCUT2D eigenvalue weighted by Gasteiger charge is 2.24. The third-order valence-corrected chi connectivity index (χ3v) is 4.33. The van der Waals surface area contributed by atoms with Crippen LogP contribution in [-0.2, 0) is 6.54 Å². The Labute approximate surface area is 159 Å². The molecule has 0 spiro atoms. The van der Waals surface area contributed by atoms with E-state index in [-0.39, 0.29) is 5.69 Å². The maximum atomic E-state index is 13.6. The van der Waals surface area contributed by atoms with E-state index in [1.165, 1.54) is 24.5 Å². The summed E-state index contributed by atoms with van der Waals surface area (Å²) in [6, 6.07) is 8.51. The molecular formula is C19H17FN6O. The maximum absolute atomic E-state index is 13.6. The molecule has 27 heavy (non-hydrogen) atoms. The van der Waals surface area contributed by atoms with Gasteiger partial charge in [-0.2, -0.15) is 5.10 Å². The average molecular weight is 367 g/mol. The number of nitrogens with zero attached hydrogens (tertiary/aromatic N) is 4. The van der Waals surface area contributed by atoms with E-state index in [9.17, 15) is 9.18 Å². The predicted molar refractivity (Wildman–Crippen MR) is 100 cm³/mol. The summed E-state index contributed by atoms with van der Waals surface area (Å²) >= 11 is 0. The van der Waals surface area contributed by atoms with E-state index < -0.39 is 18.7 Å². The van der Waals surface area contributed by atoms with Gasteiger partial charge in [0.2, 0.25) is 0 Å². The van der Waals surface area contributed by atoms with Gasteiger partial charge in [0.15, 0.2) is 5.69 Å². The van der Waals surface area contributed by atoms with Crippen LogP contribution in [-0.4, -0.2) is 35.1 Å². The van der Waals surface area contributed by atoms with Gasteiger partial charge in [0.05, 0.1) is 35.1 Å². The Kier molecular flexibility index (Phi) is 3.35. The molecule has 4 rings (SSSR count). The van der Waals surface area contributed by atoms with Gasteiger partial charge in [-0.25, -0.2) is 4.39 Å². The van der Waals surface area contributed by atoms with Gasteiger partial charge in [-0.15, -0.1) is 5.10 Å². The van der Waals surface area contributed by atoms with Crippen molar-refractivity contribution >= 4 is 23.0 Å². The van der Waals surface area contributed by atoms with Crippen LogP contribution in [0.1, 0.15) is 20.2 Å². The molecular weight excluding hydrogens is 347 g/mol. The second-order valence-electron chi connectivity index (χ2n) is 6.09. The topological polar surface area (TPSA) is 83.0 Å². The normalized spacial score (nSPS) is 14.3. The van der Waals surface area contributed by atoms with E-state index in [0.29, 0.717) is 23.6 Å². The third kappa shape index (κ3) is 2.95. The number of rotatable bonds is 3. The molecule has 1 aromatic carbocycles. The van der Waals surface area contributed by atoms with Crippen LogP contribution in [0, 0.1) is 5.82 Å². The summed E-state index contributed by atoms with van der Waals surface area (Å²) in [4.78, 5) is 18.5. The summed E-state index contributed by atoms with van der Waals surface area (Å²) in [6.07, 6.45) is 2.57. The molecule has 0 unspecified atom stereocenters. The number of para-hydroxylation sites is 1. The zero-order valence-electron chi connectivity index (χ0n) is 17.3. The van der Waals surface area contributed by atoms with E-state index in [1.807, 2.05) is 35.5 Å². The summed E-state index contributed by atoms with van der Waals surface area (Å²) < 4.78 is 35.3. The first-order valence-corrected chi connectivity index (χ1v) is 8.13. The second kappa shape index (κ2) is 6.64. The molecule has 0 saturated carbocycles. The van der Waals surface area contributed by atoms with Crippen molar-refractivity contribution < 1.29 is 13.3 Å². The summed E-state index contributed by atoms with van der Waals surface area (Å²) in [5.41, 5.74) is 3.87. The second-order valence-corrected chi connectivity index (χ2v) is 6.09. The minimum Gasteiger partial charge on any atom is -0.368 e. The SMILES string of the molecule is [2H]C([2H])([2H])NC(=O)c1nnccc1Nc1cccc2c1N(C)Cc1cc(F)cnc1-2. The van der Waals surface area contributed by atoms with Gasteiger partial charge in [0.25, 0.3) is 5.91 Å². The van der Waals surface area contributed by atoms with Crippen LogP contribution < -0.4 is 15.5 Å². The largest absolute Gasteiger partial charge is 0.368 e. The molecule has 2 aromatic heterocycles. The number of aromatic nitrogens is 3. The van der Waals surface area contributed by atoms with Crippen LogP contribution in [0.4, 0.5) is 21.5 Å². The fraction of sp³-hybridized carbons (Fsp3) is 0.158. The van der Waals surface area contributed by atoms with Crippen LogP contribution in [0.2, 0.25) is 0 Å². The van der Waals surface area contributed by atoms with E-state index in [4.69, 9.17) is 4.11 Å². The Balaban J connectivity index is 1.75. The van der Waals surface area contributed by atoms with Crippen molar-refractivity contribution in [1.29, 1.82) is 0 Å². The minimum absolute atomic E-state index is 0.148. The lowest BCUT2D eigenvalue weighted by Gasteiger charge is -2.31. The zero-order valence-corrected chi connectivity index (χ0v) is 14.3. The first-order chi connectivity index (χ1) is 14.2. The minimum atomic E-state index is -2.65. The van der Waals surface area contributed by atoms with Crippen molar-refractivity contribution in [3.63, 3.8) is 0 Å². The van der Waals surface area contributed by atoms with E-state index in [0.717, 1.165) is 16.8 Å². The molecule has 2 N–H and O–H groups in total. The lowest BCUT2D eigenvalue weighted by atomic mass is 9.97. The summed E-state index contributed by atoms with van der Waals surface area (Å²) in [5.74, 6) is -1.26. The molecule has 8 heteroatoms. The summed E-state index contributed by atoms with van der Waals surface area (Å²) in [7, 11) is 1.87. The average Bonchev–Trinajstić information content (AvgIpc) is 2.67. The van der Waals surface area contributed by atoms with Gasteiger partial charge < -0.3 is 15.5 Å². The number of amides is 1. The molecule has 0 atom stereocenters. The smallest absolute Gasteiger partial charge is 0.273 e. The van der Waals surface area contributed by atoms with Crippen molar-refractivity contribution in [1.82, 2.24) is 20.5 Å². The quantitative estimate of drug-likeness (QED) is 0.741. The first-order valence-electron chi connectivity index (χ1n) is 9.63. The number of carbonyl (C=O) groups is 1. The number of fused-ring (bicyclic) bond motifs is 3. The molecule has 136 valence electrons. The van der Waals surface area contributed by atoms with Crippen LogP contribution in [0.5, 0.6) is 0 Å². The molecule has 3 aromatic rings. The van der Waals surface area contributed by atoms with E-state index >= 15 is 0 Å². The highest BCUT2D eigenvalue weighted by molar-refractivity contribution is 5.99. The molecule has 0 aliphatic carbocycles. The van der Waals surface area contributed by atoms with Crippen molar-refractivity contribution in [2.45, 2.75) is 6.54 Å². The summed E-state index contributed by atoms with van der Waals surface area (Å²) in [6.45, 7) is -2.20. The van der Waals surface area contributed by atoms with Crippen molar-refractivity contribution in [2.75, 3.05) is 24.2 Å². The number of anilines is 3. The Morgan fingerprint density at radius 3 is 3.07 bits per heavy atom. The van der Waals surface area contributed by atoms with Crippen LogP contribution in [0.25, 0.3) is 11.3 Å². The molecule has 0 saturated heterocycles. The van der Waals surface area contributed by atoms with Crippen molar-refractivity contribution in [3.8, 4) is 11.3 Å². The lowest BCUT2D eigenvalue weighted by molar-refractivity contribution is 0.0958. The molecule has 1 aliphatic heterocycles. The van der Waals surface area contributed by atoms with Gasteiger partial charge >= 0.3 is 0 Å². The lowest BCUT2D eigenvalue weighted by Crippen LogP contribution is -2.24. The van der Waals surface area contributed by atoms with Gasteiger partial charge in [0.1, 0.15) is 5.82 Å². The first kappa shape index (κ1) is 13.6. The van der Waals surface area contributed by atoms with Gasteiger partial charge in [-0.1, -0.05) is 12.1 Å². The van der Waals surface area contributed by atoms with Crippen LogP contribution in [0.3, 0.4) is 0 Å². The molecule has 0 bridgehead atoms. The number of hydrogen-bond acceptors (Lipinski definition) is 6. The molecule has 3 heterocycles. The van der Waals surface area contributed by atoms with Gasteiger partial charge in [-0.3, -0.25) is 9.78 Å². The molecule has 0 fully saturated rings. The maximum Gasteiger partial charge on any atom is 0.273 e. The van der Waals surface area contributed by atoms with Gasteiger partial charge in [-0.05, 0) is 18.2 Å². The highest BCUT2D eigenvalue weighted by Crippen LogP contribution is 2.42. The molecule has 1 aliphatic rings. The monoisotopic (exact) mass is 367 g/mol. The number of benzene rings is 1. The third-order valence-electron chi connectivity index (χ3n) is 4.33. The zero-order chi connectivity index (χ0) is 21.5. The predicted octanol–water partition coefficient (Wildman–Crippen LogP) is 2.73. The Morgan fingerprint density at radius 2 is 2.22 bits per heavy atom. The van der Waals surface area contributed by atoms with Crippen molar-refractivity contribution in [2.24, 2.45) is 0 Å². The Morgan fingerprint density at radius 1 is 1.33 bits per heavy atom. The highest BCUT2D eigenvalue weighted by atomic mass is 19.1. The molecule has 0 radical (unpaired) electrons. The molecule has 1 amide bonds. The van der Waals surface area contributed by atoms with E-state index in [1.54, 1.807) is 0 Å². The van der Waals surface area contributed by atoms with Gasteiger partial charge in [0, 0.05) is 35.8 Å². The van der Waals surface area contributed by atoms with Crippen LogP contribution >= 0.6 is 0 Å². The Bertz CT molecular complexity index is 1140. The fourth-order valence-electron chi connectivity index (χ4n) is 3.23. The fourth-order valence-corrected chi connectivity index (χ4v) is 3.23. The number of carbonyl (C=O) groups excluding carboxylic acids is 1. The summed E-state index contributed by atoms with van der Waals surface area (Å²) in [5, 5.41) is 12.5. The number of pyridine rings is 1. The van der Waals surface area contributed by atoms with Crippen LogP contribution in [0.15, 0.2) is 42.7 Å². The molecule has 7 nitrogen and oxygen atoms in total. The number of hydrogen-bond donors (Lipinski definition) is 2. The van der Waals surface area contributed by atoms with E-state index in [2.05, 4.69) is 20.5 Å². The standard InChI is InChI=1S/C19H17FN6O/c1-21-19(27)17-14(6-7-23-25-17)24-15-5-3-4-13-16-11(8-12(20)9-22-16)10-26(2)18(13)15/h3-9H,10H2,1-2H3,(H,21,27)(H,23,24)/i1D3. The number of halogens is 1.